The van der Waals surface area contributed by atoms with Crippen LogP contribution in [0.3, 0.4) is 0 Å². The summed E-state index contributed by atoms with van der Waals surface area (Å²) in [6.45, 7) is 0.0150. The van der Waals surface area contributed by atoms with E-state index >= 15 is 0 Å². The van der Waals surface area contributed by atoms with Crippen molar-refractivity contribution in [2.24, 2.45) is 5.73 Å². The predicted molar refractivity (Wildman–Crippen MR) is 85.1 cm³/mol. The molecule has 12 heteroatoms. The summed E-state index contributed by atoms with van der Waals surface area (Å²) in [5, 5.41) is 33.3. The Morgan fingerprint density at radius 2 is 1.75 bits per heavy atom. The Bertz CT molecular complexity index is 474. The van der Waals surface area contributed by atoms with Gasteiger partial charge in [-0.1, -0.05) is 0 Å². The molecule has 138 valence electrons. The van der Waals surface area contributed by atoms with E-state index in [0.717, 1.165) is 0 Å². The first-order chi connectivity index (χ1) is 11.1. The number of carbonyl (C=O) groups is 4. The molecule has 0 saturated carbocycles. The fourth-order valence-electron chi connectivity index (χ4n) is 1.46. The molecule has 0 aromatic carbocycles. The Balaban J connectivity index is 4.51. The lowest BCUT2D eigenvalue weighted by atomic mass is 10.2. The van der Waals surface area contributed by atoms with Crippen LogP contribution >= 0.6 is 12.6 Å². The maximum absolute atomic E-state index is 11.9. The smallest absolute Gasteiger partial charge is 0.328 e. The summed E-state index contributed by atoms with van der Waals surface area (Å²) < 4.78 is 0. The van der Waals surface area contributed by atoms with Gasteiger partial charge in [-0.05, 0) is 6.92 Å². The maximum atomic E-state index is 11.9. The lowest BCUT2D eigenvalue weighted by molar-refractivity contribution is -0.144. The van der Waals surface area contributed by atoms with E-state index in [4.69, 9.17) is 15.9 Å². The number of aliphatic carboxylic acids is 1. The first-order valence-electron chi connectivity index (χ1n) is 6.89. The van der Waals surface area contributed by atoms with Crippen molar-refractivity contribution in [2.75, 3.05) is 18.9 Å². The Morgan fingerprint density at radius 3 is 2.17 bits per heavy atom. The highest BCUT2D eigenvalue weighted by Crippen LogP contribution is 1.93. The standard InChI is InChI=1S/C12H22N4O7S/c1-5(18)9(12(22)23)16-8(19)2-14-11(21)7(4-24)15-10(20)6(13)3-17/h5-7,9,17-18,24H,2-4,13H2,1H3,(H,14,21)(H,15,20)(H,16,19)(H,22,23). The molecule has 0 bridgehead atoms. The van der Waals surface area contributed by atoms with Crippen LogP contribution in [0.25, 0.3) is 0 Å². The number of nitrogens with one attached hydrogen (secondary N) is 3. The van der Waals surface area contributed by atoms with E-state index in [9.17, 15) is 24.3 Å². The minimum absolute atomic E-state index is 0.0945. The molecule has 4 unspecified atom stereocenters. The van der Waals surface area contributed by atoms with Crippen LogP contribution in [0.15, 0.2) is 0 Å². The van der Waals surface area contributed by atoms with E-state index in [1.54, 1.807) is 0 Å². The number of hydrogen-bond donors (Lipinski definition) is 8. The number of carboxylic acid groups (broad SMARTS) is 1. The van der Waals surface area contributed by atoms with Crippen molar-refractivity contribution in [2.45, 2.75) is 31.2 Å². The minimum Gasteiger partial charge on any atom is -0.480 e. The zero-order chi connectivity index (χ0) is 18.9. The summed E-state index contributed by atoms with van der Waals surface area (Å²) in [5.74, 6) is -3.88. The van der Waals surface area contributed by atoms with Gasteiger partial charge in [0.25, 0.3) is 0 Å². The third-order valence-electron chi connectivity index (χ3n) is 2.84. The van der Waals surface area contributed by atoms with Gasteiger partial charge in [0.2, 0.25) is 17.7 Å². The van der Waals surface area contributed by atoms with Gasteiger partial charge in [-0.2, -0.15) is 12.6 Å². The lowest BCUT2D eigenvalue weighted by Gasteiger charge is -2.19. The number of hydrogen-bond acceptors (Lipinski definition) is 8. The molecule has 8 N–H and O–H groups in total. The van der Waals surface area contributed by atoms with E-state index < -0.39 is 61.1 Å². The van der Waals surface area contributed by atoms with Crippen molar-refractivity contribution in [3.8, 4) is 0 Å². The average molecular weight is 366 g/mol. The second-order valence-corrected chi connectivity index (χ2v) is 5.24. The molecule has 0 aromatic heterocycles. The van der Waals surface area contributed by atoms with Crippen LogP contribution in [0, 0.1) is 0 Å². The predicted octanol–water partition coefficient (Wildman–Crippen LogP) is -4.21. The Labute approximate surface area is 143 Å². The fourth-order valence-corrected chi connectivity index (χ4v) is 1.72. The van der Waals surface area contributed by atoms with E-state index in [0.29, 0.717) is 0 Å². The third kappa shape index (κ3) is 7.59. The lowest BCUT2D eigenvalue weighted by Crippen LogP contribution is -2.55. The van der Waals surface area contributed by atoms with Gasteiger partial charge >= 0.3 is 5.97 Å². The summed E-state index contributed by atoms with van der Waals surface area (Å²) in [6, 6.07) is -3.82. The van der Waals surface area contributed by atoms with Crippen LogP contribution in [0.2, 0.25) is 0 Å². The van der Waals surface area contributed by atoms with Crippen molar-refractivity contribution in [1.82, 2.24) is 16.0 Å². The fraction of sp³-hybridized carbons (Fsp3) is 0.667. The monoisotopic (exact) mass is 366 g/mol. The summed E-state index contributed by atoms with van der Waals surface area (Å²) in [5.41, 5.74) is 5.29. The molecule has 0 aliphatic carbocycles. The van der Waals surface area contributed by atoms with Crippen LogP contribution in [0.5, 0.6) is 0 Å². The molecule has 0 heterocycles. The summed E-state index contributed by atoms with van der Waals surface area (Å²) in [6.07, 6.45) is -1.33. The van der Waals surface area contributed by atoms with Crippen LogP contribution in [0.1, 0.15) is 6.92 Å². The molecular weight excluding hydrogens is 344 g/mol. The Hall–Kier alpha value is -1.89. The van der Waals surface area contributed by atoms with Gasteiger partial charge in [-0.15, -0.1) is 0 Å². The zero-order valence-electron chi connectivity index (χ0n) is 12.9. The molecule has 4 atom stereocenters. The molecule has 0 radical (unpaired) electrons. The summed E-state index contributed by atoms with van der Waals surface area (Å²) >= 11 is 3.89. The average Bonchev–Trinajstić information content (AvgIpc) is 2.53. The second kappa shape index (κ2) is 10.8. The van der Waals surface area contributed by atoms with Gasteiger partial charge < -0.3 is 37.0 Å². The normalized spacial score (nSPS) is 15.5. The largest absolute Gasteiger partial charge is 0.480 e. The van der Waals surface area contributed by atoms with Crippen LogP contribution in [0.4, 0.5) is 0 Å². The summed E-state index contributed by atoms with van der Waals surface area (Å²) in [4.78, 5) is 45.8. The van der Waals surface area contributed by atoms with E-state index in [-0.39, 0.29) is 5.75 Å². The topological polar surface area (TPSA) is 191 Å². The van der Waals surface area contributed by atoms with Gasteiger partial charge in [-0.25, -0.2) is 4.79 Å². The number of carbonyl (C=O) groups excluding carboxylic acids is 3. The zero-order valence-corrected chi connectivity index (χ0v) is 13.8. The molecule has 0 fully saturated rings. The number of aliphatic hydroxyl groups is 2. The van der Waals surface area contributed by atoms with Crippen LogP contribution in [-0.2, 0) is 19.2 Å². The van der Waals surface area contributed by atoms with Gasteiger partial charge in [0.1, 0.15) is 12.1 Å². The van der Waals surface area contributed by atoms with Crippen molar-refractivity contribution < 1.29 is 34.5 Å². The Morgan fingerprint density at radius 1 is 1.17 bits per heavy atom. The number of aliphatic hydroxyl groups excluding tert-OH is 2. The van der Waals surface area contributed by atoms with Crippen LogP contribution < -0.4 is 21.7 Å². The van der Waals surface area contributed by atoms with Gasteiger partial charge in [0.15, 0.2) is 6.04 Å². The van der Waals surface area contributed by atoms with E-state index in [1.165, 1.54) is 6.92 Å². The van der Waals surface area contributed by atoms with Crippen molar-refractivity contribution in [3.05, 3.63) is 0 Å². The SMILES string of the molecule is CC(O)C(NC(=O)CNC(=O)C(CS)NC(=O)C(N)CO)C(=O)O. The molecule has 0 aromatic rings. The number of thiol groups is 1. The first-order valence-corrected chi connectivity index (χ1v) is 7.52. The third-order valence-corrected chi connectivity index (χ3v) is 3.20. The molecular formula is C12H22N4O7S. The highest BCUT2D eigenvalue weighted by Gasteiger charge is 2.26. The first kappa shape index (κ1) is 22.1. The van der Waals surface area contributed by atoms with Crippen molar-refractivity contribution >= 4 is 36.3 Å². The highest BCUT2D eigenvalue weighted by molar-refractivity contribution is 7.80. The minimum atomic E-state index is -1.52. The number of nitrogens with two attached hydrogens (primary N) is 1. The molecule has 24 heavy (non-hydrogen) atoms. The van der Waals surface area contributed by atoms with Gasteiger partial charge in [0.05, 0.1) is 19.3 Å². The molecule has 0 spiro atoms. The second-order valence-electron chi connectivity index (χ2n) is 4.87. The van der Waals surface area contributed by atoms with E-state index in [2.05, 4.69) is 23.3 Å². The molecule has 0 saturated heterocycles. The van der Waals surface area contributed by atoms with Crippen molar-refractivity contribution in [3.63, 3.8) is 0 Å². The number of rotatable bonds is 10. The molecule has 3 amide bonds. The summed E-state index contributed by atoms with van der Waals surface area (Å²) in [7, 11) is 0. The highest BCUT2D eigenvalue weighted by atomic mass is 32.1. The number of carboxylic acids is 1. The van der Waals surface area contributed by atoms with Gasteiger partial charge in [-0.3, -0.25) is 14.4 Å². The molecule has 11 nitrogen and oxygen atoms in total. The van der Waals surface area contributed by atoms with Crippen molar-refractivity contribution in [1.29, 1.82) is 0 Å². The molecule has 0 rings (SSSR count). The van der Waals surface area contributed by atoms with Gasteiger partial charge in [0, 0.05) is 5.75 Å². The molecule has 0 aliphatic rings. The molecule has 0 aliphatic heterocycles. The Kier molecular flexibility index (Phi) is 9.95. The maximum Gasteiger partial charge on any atom is 0.328 e. The van der Waals surface area contributed by atoms with E-state index in [1.807, 2.05) is 5.32 Å². The number of amides is 3. The van der Waals surface area contributed by atoms with Crippen LogP contribution in [-0.4, -0.2) is 82.1 Å². The quantitative estimate of drug-likeness (QED) is 0.178.